The molecule has 4 nitrogen and oxygen atoms in total. The molecule has 0 amide bonds. The van der Waals surface area contributed by atoms with Crippen molar-refractivity contribution in [3.63, 3.8) is 0 Å². The van der Waals surface area contributed by atoms with E-state index in [1.807, 2.05) is 36.4 Å². The van der Waals surface area contributed by atoms with Gasteiger partial charge < -0.3 is 14.6 Å². The van der Waals surface area contributed by atoms with Gasteiger partial charge in [-0.1, -0.05) is 12.1 Å². The molecular weight excluding hydrogens is 230 g/mol. The molecule has 2 aromatic rings. The quantitative estimate of drug-likeness (QED) is 0.896. The van der Waals surface area contributed by atoms with E-state index in [-0.39, 0.29) is 6.79 Å². The topological polar surface area (TPSA) is 51.6 Å². The fourth-order valence-electron chi connectivity index (χ4n) is 1.96. The monoisotopic (exact) mass is 243 g/mol. The van der Waals surface area contributed by atoms with Crippen LogP contribution in [-0.2, 0) is 6.42 Å². The average Bonchev–Trinajstić information content (AvgIpc) is 2.87. The fraction of sp³-hybridized carbons (Fsp3) is 0.214. The van der Waals surface area contributed by atoms with Crippen molar-refractivity contribution in [3.05, 3.63) is 53.9 Å². The second-order valence-corrected chi connectivity index (χ2v) is 4.15. The third kappa shape index (κ3) is 2.15. The molecule has 18 heavy (non-hydrogen) atoms. The fourth-order valence-corrected chi connectivity index (χ4v) is 1.96. The van der Waals surface area contributed by atoms with Crippen LogP contribution in [-0.4, -0.2) is 16.9 Å². The first-order valence-electron chi connectivity index (χ1n) is 5.80. The number of ether oxygens (including phenoxy) is 2. The normalized spacial score (nSPS) is 14.5. The summed E-state index contributed by atoms with van der Waals surface area (Å²) in [7, 11) is 0. The van der Waals surface area contributed by atoms with E-state index in [2.05, 4.69) is 4.98 Å². The number of hydrogen-bond acceptors (Lipinski definition) is 4. The summed E-state index contributed by atoms with van der Waals surface area (Å²) in [5, 5.41) is 10.2. The number of aliphatic hydroxyl groups is 1. The van der Waals surface area contributed by atoms with Crippen LogP contribution in [0.5, 0.6) is 11.5 Å². The van der Waals surface area contributed by atoms with Crippen molar-refractivity contribution in [1.29, 1.82) is 0 Å². The van der Waals surface area contributed by atoms with Crippen molar-refractivity contribution < 1.29 is 14.6 Å². The predicted octanol–water partition coefficient (Wildman–Crippen LogP) is 2.09. The number of benzene rings is 1. The van der Waals surface area contributed by atoms with E-state index in [1.165, 1.54) is 0 Å². The molecule has 1 atom stereocenters. The van der Waals surface area contributed by atoms with Gasteiger partial charge >= 0.3 is 0 Å². The van der Waals surface area contributed by atoms with E-state index in [0.717, 1.165) is 17.0 Å². The summed E-state index contributed by atoms with van der Waals surface area (Å²) >= 11 is 0. The van der Waals surface area contributed by atoms with Crippen molar-refractivity contribution in [2.24, 2.45) is 0 Å². The summed E-state index contributed by atoms with van der Waals surface area (Å²) in [5.41, 5.74) is 1.67. The van der Waals surface area contributed by atoms with Crippen molar-refractivity contribution in [3.8, 4) is 11.5 Å². The van der Waals surface area contributed by atoms with Gasteiger partial charge in [0.1, 0.15) is 0 Å². The molecule has 3 rings (SSSR count). The van der Waals surface area contributed by atoms with Gasteiger partial charge in [0.25, 0.3) is 0 Å². The first kappa shape index (κ1) is 11.0. The molecule has 0 spiro atoms. The van der Waals surface area contributed by atoms with Gasteiger partial charge in [-0.15, -0.1) is 0 Å². The maximum atomic E-state index is 10.2. The van der Waals surface area contributed by atoms with E-state index in [0.29, 0.717) is 12.2 Å². The molecule has 1 unspecified atom stereocenters. The van der Waals surface area contributed by atoms with Gasteiger partial charge in [-0.05, 0) is 29.8 Å². The summed E-state index contributed by atoms with van der Waals surface area (Å²) in [6.07, 6.45) is 1.62. The zero-order valence-corrected chi connectivity index (χ0v) is 9.74. The van der Waals surface area contributed by atoms with Crippen LogP contribution in [0.2, 0.25) is 0 Å². The Morgan fingerprint density at radius 1 is 1.17 bits per heavy atom. The van der Waals surface area contributed by atoms with Gasteiger partial charge in [0.05, 0.1) is 6.10 Å². The average molecular weight is 243 g/mol. The number of aromatic nitrogens is 1. The molecule has 1 N–H and O–H groups in total. The lowest BCUT2D eigenvalue weighted by Crippen LogP contribution is -2.03. The summed E-state index contributed by atoms with van der Waals surface area (Å²) in [6.45, 7) is 0.245. The Kier molecular flexibility index (Phi) is 2.86. The zero-order chi connectivity index (χ0) is 12.4. The molecule has 1 aliphatic heterocycles. The van der Waals surface area contributed by atoms with E-state index in [9.17, 15) is 5.11 Å². The van der Waals surface area contributed by atoms with Gasteiger partial charge in [0.15, 0.2) is 11.5 Å². The Morgan fingerprint density at radius 3 is 2.89 bits per heavy atom. The van der Waals surface area contributed by atoms with Gasteiger partial charge in [0, 0.05) is 18.3 Å². The first-order chi connectivity index (χ1) is 8.83. The maximum Gasteiger partial charge on any atom is 0.231 e. The third-order valence-electron chi connectivity index (χ3n) is 2.91. The number of aliphatic hydroxyl groups excluding tert-OH is 1. The largest absolute Gasteiger partial charge is 0.454 e. The van der Waals surface area contributed by atoms with E-state index >= 15 is 0 Å². The smallest absolute Gasteiger partial charge is 0.231 e. The van der Waals surface area contributed by atoms with Crippen LogP contribution in [0.4, 0.5) is 0 Å². The van der Waals surface area contributed by atoms with Crippen LogP contribution in [0, 0.1) is 0 Å². The SMILES string of the molecule is OC(Cc1ccccn1)c1ccc2c(c1)OCO2. The molecular formula is C14H13NO3. The second kappa shape index (κ2) is 4.66. The zero-order valence-electron chi connectivity index (χ0n) is 9.74. The summed E-state index contributed by atoms with van der Waals surface area (Å²) in [6, 6.07) is 11.2. The Balaban J connectivity index is 1.78. The predicted molar refractivity (Wildman–Crippen MR) is 65.5 cm³/mol. The lowest BCUT2D eigenvalue weighted by Gasteiger charge is -2.11. The minimum atomic E-state index is -0.589. The molecule has 1 aliphatic rings. The van der Waals surface area contributed by atoms with E-state index < -0.39 is 6.10 Å². The first-order valence-corrected chi connectivity index (χ1v) is 5.80. The molecule has 0 fully saturated rings. The van der Waals surface area contributed by atoms with Gasteiger partial charge in [-0.25, -0.2) is 0 Å². The number of nitrogens with zero attached hydrogens (tertiary/aromatic N) is 1. The van der Waals surface area contributed by atoms with Crippen molar-refractivity contribution in [1.82, 2.24) is 4.98 Å². The van der Waals surface area contributed by atoms with Gasteiger partial charge in [-0.2, -0.15) is 0 Å². The second-order valence-electron chi connectivity index (χ2n) is 4.15. The highest BCUT2D eigenvalue weighted by Crippen LogP contribution is 2.34. The highest BCUT2D eigenvalue weighted by molar-refractivity contribution is 5.45. The molecule has 1 aromatic heterocycles. The number of pyridine rings is 1. The molecule has 0 saturated heterocycles. The van der Waals surface area contributed by atoms with Crippen molar-refractivity contribution >= 4 is 0 Å². The Morgan fingerprint density at radius 2 is 2.06 bits per heavy atom. The highest BCUT2D eigenvalue weighted by Gasteiger charge is 2.16. The highest BCUT2D eigenvalue weighted by atomic mass is 16.7. The minimum absolute atomic E-state index is 0.245. The Hall–Kier alpha value is -2.07. The van der Waals surface area contributed by atoms with E-state index in [1.54, 1.807) is 6.20 Å². The summed E-state index contributed by atoms with van der Waals surface area (Å²) < 4.78 is 10.5. The van der Waals surface area contributed by atoms with Crippen LogP contribution >= 0.6 is 0 Å². The summed E-state index contributed by atoms with van der Waals surface area (Å²) in [5.74, 6) is 1.41. The molecule has 0 aliphatic carbocycles. The third-order valence-corrected chi connectivity index (χ3v) is 2.91. The van der Waals surface area contributed by atoms with Crippen LogP contribution in [0.25, 0.3) is 0 Å². The molecule has 4 heteroatoms. The molecule has 0 bridgehead atoms. The maximum absolute atomic E-state index is 10.2. The molecule has 2 heterocycles. The van der Waals surface area contributed by atoms with Crippen LogP contribution in [0.1, 0.15) is 17.4 Å². The van der Waals surface area contributed by atoms with Crippen LogP contribution < -0.4 is 9.47 Å². The number of rotatable bonds is 3. The standard InChI is InChI=1S/C14H13NO3/c16-12(8-11-3-1-2-6-15-11)10-4-5-13-14(7-10)18-9-17-13/h1-7,12,16H,8-9H2. The van der Waals surface area contributed by atoms with Crippen LogP contribution in [0.3, 0.4) is 0 Å². The number of fused-ring (bicyclic) bond motifs is 1. The van der Waals surface area contributed by atoms with Crippen LogP contribution in [0.15, 0.2) is 42.6 Å². The van der Waals surface area contributed by atoms with Crippen molar-refractivity contribution in [2.45, 2.75) is 12.5 Å². The Labute approximate surface area is 105 Å². The molecule has 92 valence electrons. The Bertz CT molecular complexity index is 542. The molecule has 0 radical (unpaired) electrons. The van der Waals surface area contributed by atoms with Gasteiger partial charge in [-0.3, -0.25) is 4.98 Å². The van der Waals surface area contributed by atoms with E-state index in [4.69, 9.17) is 9.47 Å². The van der Waals surface area contributed by atoms with Gasteiger partial charge in [0.2, 0.25) is 6.79 Å². The molecule has 1 aromatic carbocycles. The van der Waals surface area contributed by atoms with Crippen molar-refractivity contribution in [2.75, 3.05) is 6.79 Å². The minimum Gasteiger partial charge on any atom is -0.454 e. The lowest BCUT2D eigenvalue weighted by atomic mass is 10.0. The lowest BCUT2D eigenvalue weighted by molar-refractivity contribution is 0.171. The molecule has 0 saturated carbocycles. The number of hydrogen-bond donors (Lipinski definition) is 1. The summed E-state index contributed by atoms with van der Waals surface area (Å²) in [4.78, 5) is 4.20.